The summed E-state index contributed by atoms with van der Waals surface area (Å²) in [5.74, 6) is -1.01. The van der Waals surface area contributed by atoms with Crippen molar-refractivity contribution in [2.45, 2.75) is 26.4 Å². The van der Waals surface area contributed by atoms with Crippen molar-refractivity contribution in [3.05, 3.63) is 0 Å². The lowest BCUT2D eigenvalue weighted by atomic mass is 9.94. The van der Waals surface area contributed by atoms with Gasteiger partial charge in [-0.05, 0) is 12.0 Å². The molecule has 3 nitrogen and oxygen atoms in total. The molecule has 14 heavy (non-hydrogen) atoms. The van der Waals surface area contributed by atoms with Gasteiger partial charge in [-0.2, -0.15) is 13.2 Å². The highest BCUT2D eigenvalue weighted by Gasteiger charge is 2.31. The molecule has 0 saturated heterocycles. The summed E-state index contributed by atoms with van der Waals surface area (Å²) in [6.07, 6.45) is -5.88. The molecular formula is C8H15F3N2O. The Kier molecular flexibility index (Phi) is 4.38. The molecule has 0 atom stereocenters. The normalized spacial score (nSPS) is 12.7. The first-order valence-electron chi connectivity index (χ1n) is 4.20. The van der Waals surface area contributed by atoms with Crippen molar-refractivity contribution in [1.82, 2.24) is 5.32 Å². The van der Waals surface area contributed by atoms with Gasteiger partial charge in [0.2, 0.25) is 5.91 Å². The first-order valence-corrected chi connectivity index (χ1v) is 4.20. The molecular weight excluding hydrogens is 197 g/mol. The van der Waals surface area contributed by atoms with E-state index in [4.69, 9.17) is 5.73 Å². The molecule has 0 spiro atoms. The van der Waals surface area contributed by atoms with Gasteiger partial charge < -0.3 is 11.1 Å². The Bertz CT molecular complexity index is 201. The van der Waals surface area contributed by atoms with Crippen LogP contribution in [0.2, 0.25) is 0 Å². The Balaban J connectivity index is 3.87. The molecule has 0 rings (SSSR count). The topological polar surface area (TPSA) is 55.1 Å². The average molecular weight is 212 g/mol. The van der Waals surface area contributed by atoms with Crippen molar-refractivity contribution in [1.29, 1.82) is 0 Å². The van der Waals surface area contributed by atoms with E-state index < -0.39 is 18.5 Å². The van der Waals surface area contributed by atoms with E-state index in [0.29, 0.717) is 6.54 Å². The van der Waals surface area contributed by atoms with E-state index in [0.717, 1.165) is 0 Å². The summed E-state index contributed by atoms with van der Waals surface area (Å²) in [5.41, 5.74) is 4.97. The van der Waals surface area contributed by atoms with Crippen LogP contribution in [-0.2, 0) is 4.79 Å². The summed E-state index contributed by atoms with van der Waals surface area (Å²) < 4.78 is 35.2. The molecule has 0 heterocycles. The van der Waals surface area contributed by atoms with E-state index >= 15 is 0 Å². The van der Waals surface area contributed by atoms with Crippen LogP contribution < -0.4 is 11.1 Å². The smallest absolute Gasteiger partial charge is 0.355 e. The number of hydrogen-bond donors (Lipinski definition) is 2. The number of nitrogens with two attached hydrogens (primary N) is 1. The highest BCUT2D eigenvalue weighted by molar-refractivity contribution is 5.76. The summed E-state index contributed by atoms with van der Waals surface area (Å²) in [4.78, 5) is 10.7. The number of alkyl halides is 3. The molecule has 0 radical (unpaired) electrons. The van der Waals surface area contributed by atoms with Crippen LogP contribution in [0.25, 0.3) is 0 Å². The second-order valence-corrected chi connectivity index (χ2v) is 3.94. The highest BCUT2D eigenvalue weighted by Crippen LogP contribution is 2.19. The van der Waals surface area contributed by atoms with Crippen LogP contribution in [-0.4, -0.2) is 25.2 Å². The first-order chi connectivity index (χ1) is 6.16. The molecule has 0 saturated carbocycles. The summed E-state index contributed by atoms with van der Waals surface area (Å²) in [6, 6.07) is 0. The summed E-state index contributed by atoms with van der Waals surface area (Å²) >= 11 is 0. The van der Waals surface area contributed by atoms with E-state index in [1.54, 1.807) is 13.8 Å². The molecule has 0 aromatic rings. The number of hydrogen-bond acceptors (Lipinski definition) is 2. The van der Waals surface area contributed by atoms with Crippen molar-refractivity contribution in [2.24, 2.45) is 11.1 Å². The molecule has 0 aliphatic carbocycles. The minimum absolute atomic E-state index is 0.151. The molecule has 0 bridgehead atoms. The third-order valence-electron chi connectivity index (χ3n) is 1.68. The molecule has 0 aromatic heterocycles. The van der Waals surface area contributed by atoms with E-state index in [2.05, 4.69) is 5.32 Å². The fourth-order valence-corrected chi connectivity index (χ4v) is 0.655. The molecule has 6 heteroatoms. The Morgan fingerprint density at radius 3 is 2.21 bits per heavy atom. The maximum Gasteiger partial charge on any atom is 0.397 e. The number of carbonyl (C=O) groups is 1. The molecule has 0 aromatic carbocycles. The second kappa shape index (κ2) is 4.63. The predicted octanol–water partition coefficient (Wildman–Crippen LogP) is 1.04. The molecule has 84 valence electrons. The van der Waals surface area contributed by atoms with Gasteiger partial charge in [-0.25, -0.2) is 0 Å². The molecule has 1 amide bonds. The first kappa shape index (κ1) is 13.2. The minimum Gasteiger partial charge on any atom is -0.355 e. The van der Waals surface area contributed by atoms with Gasteiger partial charge in [0.15, 0.2) is 0 Å². The summed E-state index contributed by atoms with van der Waals surface area (Å²) in [6.45, 7) is 3.99. The van der Waals surface area contributed by atoms with Gasteiger partial charge in [-0.15, -0.1) is 0 Å². The van der Waals surface area contributed by atoms with Crippen molar-refractivity contribution in [3.63, 3.8) is 0 Å². The van der Waals surface area contributed by atoms with Crippen molar-refractivity contribution < 1.29 is 18.0 Å². The molecule has 3 N–H and O–H groups in total. The van der Waals surface area contributed by atoms with Crippen molar-refractivity contribution in [2.75, 3.05) is 13.1 Å². The second-order valence-electron chi connectivity index (χ2n) is 3.94. The zero-order chi connectivity index (χ0) is 11.4. The third kappa shape index (κ3) is 6.71. The van der Waals surface area contributed by atoms with Gasteiger partial charge in [0.25, 0.3) is 0 Å². The van der Waals surface area contributed by atoms with E-state index in [1.165, 1.54) is 0 Å². The molecule has 0 unspecified atom stereocenters. The monoisotopic (exact) mass is 212 g/mol. The zero-order valence-corrected chi connectivity index (χ0v) is 8.24. The Labute approximate surface area is 80.8 Å². The van der Waals surface area contributed by atoms with Crippen LogP contribution in [0.4, 0.5) is 13.2 Å². The number of carbonyl (C=O) groups excluding carboxylic acids is 1. The van der Waals surface area contributed by atoms with Gasteiger partial charge in [0.05, 0.1) is 0 Å². The quantitative estimate of drug-likeness (QED) is 0.731. The lowest BCUT2D eigenvalue weighted by Gasteiger charge is -2.22. The van der Waals surface area contributed by atoms with Crippen LogP contribution in [0.15, 0.2) is 0 Å². The summed E-state index contributed by atoms with van der Waals surface area (Å²) in [5, 5.41) is 2.19. The summed E-state index contributed by atoms with van der Waals surface area (Å²) in [7, 11) is 0. The number of rotatable bonds is 4. The Morgan fingerprint density at radius 1 is 1.36 bits per heavy atom. The van der Waals surface area contributed by atoms with Crippen molar-refractivity contribution in [3.8, 4) is 0 Å². The maximum absolute atomic E-state index is 11.7. The van der Waals surface area contributed by atoms with E-state index in [9.17, 15) is 18.0 Å². The van der Waals surface area contributed by atoms with Crippen LogP contribution >= 0.6 is 0 Å². The SMILES string of the molecule is CC(C)(CN)CNC(=O)CC(F)(F)F. The maximum atomic E-state index is 11.7. The van der Waals surface area contributed by atoms with Crippen LogP contribution in [0.5, 0.6) is 0 Å². The van der Waals surface area contributed by atoms with Gasteiger partial charge in [-0.3, -0.25) is 4.79 Å². The van der Waals surface area contributed by atoms with Crippen LogP contribution in [0.3, 0.4) is 0 Å². The fraction of sp³-hybridized carbons (Fsp3) is 0.875. The molecule has 0 aliphatic heterocycles. The number of nitrogens with one attached hydrogen (secondary N) is 1. The number of amides is 1. The van der Waals surface area contributed by atoms with E-state index in [1.807, 2.05) is 0 Å². The molecule has 0 fully saturated rings. The standard InChI is InChI=1S/C8H15F3N2O/c1-7(2,4-12)5-13-6(14)3-8(9,10)11/h3-5,12H2,1-2H3,(H,13,14). The number of halogens is 3. The zero-order valence-electron chi connectivity index (χ0n) is 8.24. The van der Waals surface area contributed by atoms with Crippen LogP contribution in [0, 0.1) is 5.41 Å². The fourth-order valence-electron chi connectivity index (χ4n) is 0.655. The largest absolute Gasteiger partial charge is 0.397 e. The highest BCUT2D eigenvalue weighted by atomic mass is 19.4. The predicted molar refractivity (Wildman–Crippen MR) is 46.5 cm³/mol. The molecule has 0 aliphatic rings. The average Bonchev–Trinajstić information content (AvgIpc) is 1.98. The van der Waals surface area contributed by atoms with Gasteiger partial charge in [0, 0.05) is 6.54 Å². The third-order valence-corrected chi connectivity index (χ3v) is 1.68. The van der Waals surface area contributed by atoms with Gasteiger partial charge in [0.1, 0.15) is 6.42 Å². The van der Waals surface area contributed by atoms with Crippen LogP contribution in [0.1, 0.15) is 20.3 Å². The van der Waals surface area contributed by atoms with E-state index in [-0.39, 0.29) is 12.0 Å². The Hall–Kier alpha value is -0.780. The lowest BCUT2D eigenvalue weighted by Crippen LogP contribution is -2.39. The Morgan fingerprint density at radius 2 is 1.86 bits per heavy atom. The van der Waals surface area contributed by atoms with Gasteiger partial charge >= 0.3 is 6.18 Å². The minimum atomic E-state index is -4.45. The van der Waals surface area contributed by atoms with Gasteiger partial charge in [-0.1, -0.05) is 13.8 Å². The lowest BCUT2D eigenvalue weighted by molar-refractivity contribution is -0.154. The van der Waals surface area contributed by atoms with Crippen molar-refractivity contribution >= 4 is 5.91 Å².